The van der Waals surface area contributed by atoms with Crippen molar-refractivity contribution in [3.8, 4) is 12.3 Å². The zero-order valence-corrected chi connectivity index (χ0v) is 11.0. The van der Waals surface area contributed by atoms with Crippen LogP contribution in [0.5, 0.6) is 0 Å². The average molecular weight is 227 g/mol. The van der Waals surface area contributed by atoms with E-state index in [1.807, 2.05) is 24.3 Å². The number of para-hydroxylation sites is 1. The SMILES string of the molecule is [CH]c1ccccc1N(CCCC)C(C)(C)C#C. The van der Waals surface area contributed by atoms with Crippen molar-refractivity contribution in [1.82, 2.24) is 0 Å². The summed E-state index contributed by atoms with van der Waals surface area (Å²) >= 11 is 0. The number of unbranched alkanes of at least 4 members (excludes halogenated alkanes) is 1. The van der Waals surface area contributed by atoms with Crippen molar-refractivity contribution in [3.63, 3.8) is 0 Å². The van der Waals surface area contributed by atoms with Gasteiger partial charge in [0, 0.05) is 19.2 Å². The lowest BCUT2D eigenvalue weighted by atomic mass is 10.0. The number of rotatable bonds is 5. The Balaban J connectivity index is 3.07. The second-order valence-corrected chi connectivity index (χ2v) is 4.77. The van der Waals surface area contributed by atoms with Crippen molar-refractivity contribution in [2.24, 2.45) is 0 Å². The first kappa shape index (κ1) is 13.6. The Bertz CT molecular complexity index is 398. The highest BCUT2D eigenvalue weighted by Gasteiger charge is 2.24. The topological polar surface area (TPSA) is 3.24 Å². The molecule has 0 N–H and O–H groups in total. The van der Waals surface area contributed by atoms with Crippen molar-refractivity contribution in [3.05, 3.63) is 36.8 Å². The van der Waals surface area contributed by atoms with Gasteiger partial charge in [0.05, 0.1) is 5.54 Å². The van der Waals surface area contributed by atoms with E-state index in [2.05, 4.69) is 31.6 Å². The molecule has 1 nitrogen and oxygen atoms in total. The van der Waals surface area contributed by atoms with Crippen LogP contribution in [0.25, 0.3) is 0 Å². The van der Waals surface area contributed by atoms with E-state index in [1.54, 1.807) is 0 Å². The lowest BCUT2D eigenvalue weighted by Crippen LogP contribution is -2.44. The van der Waals surface area contributed by atoms with Gasteiger partial charge in [-0.3, -0.25) is 0 Å². The van der Waals surface area contributed by atoms with Crippen molar-refractivity contribution in [1.29, 1.82) is 0 Å². The molecular formula is C16H21N. The zero-order chi connectivity index (χ0) is 12.9. The molecule has 0 fully saturated rings. The molecule has 0 aliphatic rings. The number of anilines is 1. The summed E-state index contributed by atoms with van der Waals surface area (Å²) in [6, 6.07) is 7.89. The van der Waals surface area contributed by atoms with E-state index in [9.17, 15) is 0 Å². The third-order valence-electron chi connectivity index (χ3n) is 2.99. The summed E-state index contributed by atoms with van der Waals surface area (Å²) in [5.41, 5.74) is 1.50. The summed E-state index contributed by atoms with van der Waals surface area (Å²) < 4.78 is 0. The predicted molar refractivity (Wildman–Crippen MR) is 75.0 cm³/mol. The van der Waals surface area contributed by atoms with Crippen LogP contribution in [0.3, 0.4) is 0 Å². The quantitative estimate of drug-likeness (QED) is 0.692. The molecule has 0 saturated carbocycles. The second-order valence-electron chi connectivity index (χ2n) is 4.77. The second kappa shape index (κ2) is 5.77. The van der Waals surface area contributed by atoms with Crippen LogP contribution in [0.15, 0.2) is 24.3 Å². The van der Waals surface area contributed by atoms with Crippen molar-refractivity contribution in [2.45, 2.75) is 39.2 Å². The Hall–Kier alpha value is -1.42. The van der Waals surface area contributed by atoms with Gasteiger partial charge in [0.25, 0.3) is 0 Å². The van der Waals surface area contributed by atoms with Crippen LogP contribution in [0.4, 0.5) is 5.69 Å². The number of benzene rings is 1. The van der Waals surface area contributed by atoms with E-state index < -0.39 is 0 Å². The Morgan fingerprint density at radius 3 is 2.47 bits per heavy atom. The highest BCUT2D eigenvalue weighted by Crippen LogP contribution is 2.27. The molecule has 1 aromatic rings. The first-order valence-electron chi connectivity index (χ1n) is 6.13. The van der Waals surface area contributed by atoms with E-state index in [0.717, 1.165) is 30.6 Å². The van der Waals surface area contributed by atoms with Crippen LogP contribution in [0.1, 0.15) is 39.2 Å². The van der Waals surface area contributed by atoms with E-state index in [1.165, 1.54) is 0 Å². The van der Waals surface area contributed by atoms with Crippen molar-refractivity contribution in [2.75, 3.05) is 11.4 Å². The van der Waals surface area contributed by atoms with Crippen molar-refractivity contribution >= 4 is 5.69 Å². The summed E-state index contributed by atoms with van der Waals surface area (Å²) in [4.78, 5) is 2.21. The maximum Gasteiger partial charge on any atom is 0.0953 e. The van der Waals surface area contributed by atoms with Gasteiger partial charge in [-0.05, 0) is 31.9 Å². The van der Waals surface area contributed by atoms with Gasteiger partial charge in [-0.15, -0.1) is 6.42 Å². The monoisotopic (exact) mass is 227 g/mol. The molecule has 0 aromatic heterocycles. The summed E-state index contributed by atoms with van der Waals surface area (Å²) in [5.74, 6) is 2.85. The number of terminal acetylenes is 1. The summed E-state index contributed by atoms with van der Waals surface area (Å²) in [6.07, 6.45) is 7.89. The summed E-state index contributed by atoms with van der Waals surface area (Å²) in [7, 11) is 0. The van der Waals surface area contributed by atoms with Crippen LogP contribution in [0, 0.1) is 19.3 Å². The van der Waals surface area contributed by atoms with Gasteiger partial charge in [0.2, 0.25) is 0 Å². The van der Waals surface area contributed by atoms with E-state index in [0.29, 0.717) is 0 Å². The zero-order valence-electron chi connectivity index (χ0n) is 11.0. The molecule has 0 aliphatic heterocycles. The molecule has 0 bridgehead atoms. The molecule has 0 spiro atoms. The molecule has 0 heterocycles. The first-order chi connectivity index (χ1) is 8.03. The minimum Gasteiger partial charge on any atom is -0.355 e. The van der Waals surface area contributed by atoms with Gasteiger partial charge in [-0.2, -0.15) is 0 Å². The van der Waals surface area contributed by atoms with Gasteiger partial charge in [-0.25, -0.2) is 0 Å². The maximum atomic E-state index is 6.03. The van der Waals surface area contributed by atoms with E-state index in [4.69, 9.17) is 13.3 Å². The Labute approximate surface area is 106 Å². The molecule has 17 heavy (non-hydrogen) atoms. The molecule has 90 valence electrons. The minimum atomic E-state index is -0.315. The predicted octanol–water partition coefficient (Wildman–Crippen LogP) is 3.76. The lowest BCUT2D eigenvalue weighted by molar-refractivity contribution is 0.561. The highest BCUT2D eigenvalue weighted by atomic mass is 15.2. The van der Waals surface area contributed by atoms with Crippen LogP contribution >= 0.6 is 0 Å². The first-order valence-corrected chi connectivity index (χ1v) is 6.13. The van der Waals surface area contributed by atoms with Gasteiger partial charge < -0.3 is 4.90 Å². The van der Waals surface area contributed by atoms with Crippen LogP contribution in [-0.4, -0.2) is 12.1 Å². The Kier molecular flexibility index (Phi) is 4.63. The number of hydrogen-bond donors (Lipinski definition) is 0. The third-order valence-corrected chi connectivity index (χ3v) is 2.99. The molecule has 0 unspecified atom stereocenters. The molecule has 0 amide bonds. The minimum absolute atomic E-state index is 0.315. The Morgan fingerprint density at radius 1 is 1.29 bits per heavy atom. The normalized spacial score (nSPS) is 11.0. The number of nitrogens with zero attached hydrogens (tertiary/aromatic N) is 1. The molecule has 1 aromatic carbocycles. The standard InChI is InChI=1S/C16H21N/c1-6-8-13-17(16(4,5)7-2)15-12-10-9-11-14(15)3/h2-3,9-12H,6,8,13H2,1,4-5H3. The fourth-order valence-electron chi connectivity index (χ4n) is 1.83. The smallest absolute Gasteiger partial charge is 0.0953 e. The van der Waals surface area contributed by atoms with Gasteiger partial charge in [0.15, 0.2) is 0 Å². The maximum absolute atomic E-state index is 6.03. The van der Waals surface area contributed by atoms with Crippen LogP contribution < -0.4 is 4.90 Å². The van der Waals surface area contributed by atoms with Gasteiger partial charge in [0.1, 0.15) is 0 Å². The third kappa shape index (κ3) is 3.27. The number of hydrogen-bond acceptors (Lipinski definition) is 1. The Morgan fingerprint density at radius 2 is 1.94 bits per heavy atom. The van der Waals surface area contributed by atoms with E-state index >= 15 is 0 Å². The molecular weight excluding hydrogens is 206 g/mol. The van der Waals surface area contributed by atoms with Crippen LogP contribution in [0.2, 0.25) is 0 Å². The average Bonchev–Trinajstić information content (AvgIpc) is 2.31. The molecule has 0 saturated heterocycles. The van der Waals surface area contributed by atoms with E-state index in [-0.39, 0.29) is 5.54 Å². The fraction of sp³-hybridized carbons (Fsp3) is 0.438. The largest absolute Gasteiger partial charge is 0.355 e. The van der Waals surface area contributed by atoms with Gasteiger partial charge in [-0.1, -0.05) is 37.5 Å². The van der Waals surface area contributed by atoms with Gasteiger partial charge >= 0.3 is 0 Å². The molecule has 2 radical (unpaired) electrons. The summed E-state index contributed by atoms with van der Waals surface area (Å²) in [6.45, 7) is 13.2. The highest BCUT2D eigenvalue weighted by molar-refractivity contribution is 5.58. The fourth-order valence-corrected chi connectivity index (χ4v) is 1.83. The van der Waals surface area contributed by atoms with Crippen molar-refractivity contribution < 1.29 is 0 Å². The lowest BCUT2D eigenvalue weighted by Gasteiger charge is -2.37. The van der Waals surface area contributed by atoms with Crippen LogP contribution in [-0.2, 0) is 0 Å². The summed E-state index contributed by atoms with van der Waals surface area (Å²) in [5, 5.41) is 0. The molecule has 0 atom stereocenters. The molecule has 1 rings (SSSR count). The molecule has 1 heteroatoms. The molecule has 0 aliphatic carbocycles.